The zero-order valence-corrected chi connectivity index (χ0v) is 13.9. The predicted octanol–water partition coefficient (Wildman–Crippen LogP) is 1.10. The van der Waals surface area contributed by atoms with E-state index >= 15 is 0 Å². The molecule has 2 aliphatic rings. The fraction of sp³-hybridized carbons (Fsp3) is 0.211. The van der Waals surface area contributed by atoms with Crippen molar-refractivity contribution in [3.63, 3.8) is 0 Å². The average molecular weight is 350 g/mol. The zero-order valence-electron chi connectivity index (χ0n) is 13.9. The SMILES string of the molecule is NC1c2ccccc2CC1NC(=O)c1ccc(N2CC(=O)NC2=O)cc1. The molecule has 1 aliphatic carbocycles. The van der Waals surface area contributed by atoms with Gasteiger partial charge in [0.25, 0.3) is 5.91 Å². The van der Waals surface area contributed by atoms with E-state index in [1.54, 1.807) is 24.3 Å². The van der Waals surface area contributed by atoms with Gasteiger partial charge in [-0.25, -0.2) is 4.79 Å². The standard InChI is InChI=1S/C19H18N4O3/c20-17-14-4-2-1-3-12(14)9-15(17)21-18(25)11-5-7-13(8-6-11)23-10-16(24)22-19(23)26/h1-8,15,17H,9-10,20H2,(H,21,25)(H,22,24,26). The number of imide groups is 1. The van der Waals surface area contributed by atoms with Gasteiger partial charge >= 0.3 is 6.03 Å². The number of nitrogens with two attached hydrogens (primary N) is 1. The molecule has 132 valence electrons. The fourth-order valence-electron chi connectivity index (χ4n) is 3.46. The second-order valence-corrected chi connectivity index (χ2v) is 6.50. The smallest absolute Gasteiger partial charge is 0.329 e. The Morgan fingerprint density at radius 3 is 2.50 bits per heavy atom. The Bertz CT molecular complexity index is 894. The van der Waals surface area contributed by atoms with Gasteiger partial charge in [0.05, 0.1) is 12.1 Å². The summed E-state index contributed by atoms with van der Waals surface area (Å²) < 4.78 is 0. The number of nitrogens with zero attached hydrogens (tertiary/aromatic N) is 1. The maximum absolute atomic E-state index is 12.5. The highest BCUT2D eigenvalue weighted by Crippen LogP contribution is 2.29. The van der Waals surface area contributed by atoms with Gasteiger partial charge in [0, 0.05) is 11.3 Å². The molecule has 1 aliphatic heterocycles. The fourth-order valence-corrected chi connectivity index (χ4v) is 3.46. The quantitative estimate of drug-likeness (QED) is 0.721. The molecule has 1 saturated heterocycles. The van der Waals surface area contributed by atoms with E-state index in [2.05, 4.69) is 10.6 Å². The molecule has 1 heterocycles. The summed E-state index contributed by atoms with van der Waals surface area (Å²) in [5, 5.41) is 5.21. The summed E-state index contributed by atoms with van der Waals surface area (Å²) in [7, 11) is 0. The van der Waals surface area contributed by atoms with E-state index in [1.165, 1.54) is 4.90 Å². The van der Waals surface area contributed by atoms with Crippen molar-refractivity contribution in [2.45, 2.75) is 18.5 Å². The van der Waals surface area contributed by atoms with Crippen LogP contribution in [-0.4, -0.2) is 30.4 Å². The largest absolute Gasteiger partial charge is 0.347 e. The van der Waals surface area contributed by atoms with Crippen LogP contribution in [0.2, 0.25) is 0 Å². The first-order valence-corrected chi connectivity index (χ1v) is 8.38. The highest BCUT2D eigenvalue weighted by Gasteiger charge is 2.31. The molecular formula is C19H18N4O3. The van der Waals surface area contributed by atoms with Crippen molar-refractivity contribution >= 4 is 23.5 Å². The minimum Gasteiger partial charge on any atom is -0.347 e. The van der Waals surface area contributed by atoms with Crippen LogP contribution in [-0.2, 0) is 11.2 Å². The monoisotopic (exact) mass is 350 g/mol. The van der Waals surface area contributed by atoms with E-state index in [1.807, 2.05) is 24.3 Å². The highest BCUT2D eigenvalue weighted by atomic mass is 16.2. The summed E-state index contributed by atoms with van der Waals surface area (Å²) >= 11 is 0. The highest BCUT2D eigenvalue weighted by molar-refractivity contribution is 6.12. The number of carbonyl (C=O) groups is 3. The van der Waals surface area contributed by atoms with Crippen LogP contribution in [0.4, 0.5) is 10.5 Å². The first-order chi connectivity index (χ1) is 12.5. The van der Waals surface area contributed by atoms with Crippen molar-refractivity contribution in [3.8, 4) is 0 Å². The molecule has 0 radical (unpaired) electrons. The number of hydrogen-bond acceptors (Lipinski definition) is 4. The van der Waals surface area contributed by atoms with Gasteiger partial charge < -0.3 is 11.1 Å². The van der Waals surface area contributed by atoms with Crippen molar-refractivity contribution in [1.29, 1.82) is 0 Å². The number of carbonyl (C=O) groups excluding carboxylic acids is 3. The van der Waals surface area contributed by atoms with Crippen LogP contribution in [0.5, 0.6) is 0 Å². The van der Waals surface area contributed by atoms with Crippen molar-refractivity contribution in [2.75, 3.05) is 11.4 Å². The van der Waals surface area contributed by atoms with Crippen LogP contribution < -0.4 is 21.3 Å². The molecule has 1 fully saturated rings. The molecule has 7 heteroatoms. The molecule has 2 aromatic carbocycles. The summed E-state index contributed by atoms with van der Waals surface area (Å²) in [6.45, 7) is -0.0143. The van der Waals surface area contributed by atoms with Gasteiger partial charge in [0.1, 0.15) is 6.54 Å². The Labute approximate surface area is 150 Å². The van der Waals surface area contributed by atoms with Crippen LogP contribution >= 0.6 is 0 Å². The van der Waals surface area contributed by atoms with Crippen LogP contribution in [0.3, 0.4) is 0 Å². The van der Waals surface area contributed by atoms with E-state index in [9.17, 15) is 14.4 Å². The third-order valence-electron chi connectivity index (χ3n) is 4.84. The lowest BCUT2D eigenvalue weighted by Gasteiger charge is -2.18. The Hall–Kier alpha value is -3.19. The van der Waals surface area contributed by atoms with Gasteiger partial charge in [0.15, 0.2) is 0 Å². The lowest BCUT2D eigenvalue weighted by molar-refractivity contribution is -0.117. The van der Waals surface area contributed by atoms with Crippen LogP contribution in [0.25, 0.3) is 0 Å². The first-order valence-electron chi connectivity index (χ1n) is 8.38. The number of nitrogens with one attached hydrogen (secondary N) is 2. The molecule has 0 bridgehead atoms. The number of hydrogen-bond donors (Lipinski definition) is 3. The van der Waals surface area contributed by atoms with Gasteiger partial charge in [-0.15, -0.1) is 0 Å². The molecule has 0 aromatic heterocycles. The van der Waals surface area contributed by atoms with E-state index in [0.717, 1.165) is 11.1 Å². The van der Waals surface area contributed by atoms with Gasteiger partial charge in [-0.2, -0.15) is 0 Å². The number of anilines is 1. The average Bonchev–Trinajstić information content (AvgIpc) is 3.14. The number of fused-ring (bicyclic) bond motifs is 1. The molecule has 2 unspecified atom stereocenters. The Balaban J connectivity index is 1.45. The third-order valence-corrected chi connectivity index (χ3v) is 4.84. The van der Waals surface area contributed by atoms with Gasteiger partial charge in [-0.05, 0) is 41.8 Å². The maximum atomic E-state index is 12.5. The summed E-state index contributed by atoms with van der Waals surface area (Å²) in [5.74, 6) is -0.557. The normalized spacial score (nSPS) is 21.5. The number of urea groups is 1. The Kier molecular flexibility index (Phi) is 3.93. The molecule has 2 aromatic rings. The predicted molar refractivity (Wildman–Crippen MR) is 95.7 cm³/mol. The number of rotatable bonds is 3. The van der Waals surface area contributed by atoms with E-state index in [4.69, 9.17) is 5.73 Å². The molecule has 7 nitrogen and oxygen atoms in total. The topological polar surface area (TPSA) is 105 Å². The van der Waals surface area contributed by atoms with Crippen molar-refractivity contribution in [2.24, 2.45) is 5.73 Å². The minimum absolute atomic E-state index is 0.0143. The second-order valence-electron chi connectivity index (χ2n) is 6.50. The first kappa shape index (κ1) is 16.3. The summed E-state index contributed by atoms with van der Waals surface area (Å²) in [4.78, 5) is 36.8. The number of amides is 4. The van der Waals surface area contributed by atoms with Crippen LogP contribution in [0, 0.1) is 0 Å². The lowest BCUT2D eigenvalue weighted by atomic mass is 10.1. The van der Waals surface area contributed by atoms with Crippen molar-refractivity contribution < 1.29 is 14.4 Å². The van der Waals surface area contributed by atoms with Crippen LogP contribution in [0.1, 0.15) is 27.5 Å². The van der Waals surface area contributed by atoms with Gasteiger partial charge in [-0.3, -0.25) is 19.8 Å². The molecule has 4 rings (SSSR count). The number of benzene rings is 2. The minimum atomic E-state index is -0.457. The molecule has 2 atom stereocenters. The molecule has 26 heavy (non-hydrogen) atoms. The summed E-state index contributed by atoms with van der Waals surface area (Å²) in [6.07, 6.45) is 0.706. The van der Waals surface area contributed by atoms with E-state index in [-0.39, 0.29) is 30.4 Å². The molecule has 4 amide bonds. The van der Waals surface area contributed by atoms with Crippen molar-refractivity contribution in [1.82, 2.24) is 10.6 Å². The van der Waals surface area contributed by atoms with Crippen LogP contribution in [0.15, 0.2) is 48.5 Å². The van der Waals surface area contributed by atoms with E-state index < -0.39 is 6.03 Å². The van der Waals surface area contributed by atoms with Gasteiger partial charge in [-0.1, -0.05) is 24.3 Å². The summed E-state index contributed by atoms with van der Waals surface area (Å²) in [6, 6.07) is 13.7. The van der Waals surface area contributed by atoms with Crippen molar-refractivity contribution in [3.05, 3.63) is 65.2 Å². The van der Waals surface area contributed by atoms with E-state index in [0.29, 0.717) is 17.7 Å². The molecular weight excluding hydrogens is 332 g/mol. The molecule has 0 saturated carbocycles. The zero-order chi connectivity index (χ0) is 18.3. The Morgan fingerprint density at radius 1 is 1.12 bits per heavy atom. The second kappa shape index (κ2) is 6.27. The Morgan fingerprint density at radius 2 is 1.85 bits per heavy atom. The maximum Gasteiger partial charge on any atom is 0.329 e. The summed E-state index contributed by atoms with van der Waals surface area (Å²) in [5.41, 5.74) is 9.52. The molecule has 4 N–H and O–H groups in total. The van der Waals surface area contributed by atoms with Gasteiger partial charge in [0.2, 0.25) is 5.91 Å². The lowest BCUT2D eigenvalue weighted by Crippen LogP contribution is -2.40. The third kappa shape index (κ3) is 2.82. The molecule has 0 spiro atoms.